The Labute approximate surface area is 228 Å². The van der Waals surface area contributed by atoms with Gasteiger partial charge in [0.05, 0.1) is 19.3 Å². The SMILES string of the molecule is C=C(OC1C(N)C(OP(=O)(O)OP(=O)(O)OC[C@H]2O[C@@H](n3ccc(=O)[nH]c3=O)[C@H](O)[C@@H]2O)OC(CO)C1O)C(=O)O. The number of aliphatic carboxylic acids is 1. The van der Waals surface area contributed by atoms with Crippen molar-refractivity contribution in [3.05, 3.63) is 45.4 Å². The van der Waals surface area contributed by atoms with Gasteiger partial charge in [-0.3, -0.25) is 23.4 Å². The standard InChI is InChI=1S/C18H27N3O18P2/c1-6(16(27)28)35-14-10(19)17(37-7(4-22)12(14)25)38-41(32,33)39-40(30,31)34-5-8-11(24)13(26)15(36-8)21-3-2-9(23)20-18(21)29/h2-3,7-8,10-15,17,22,24-26H,1,4-5,19H2,(H,27,28)(H,30,31)(H,32,33)(H,20,23,29)/t7?,8-,10?,11-,12?,13-,14?,15-,17?/m1/s1. The molecule has 1 aromatic heterocycles. The second-order valence-electron chi connectivity index (χ2n) is 8.59. The molecule has 0 spiro atoms. The number of hydrogen-bond donors (Lipinski definition) is 9. The number of aliphatic hydroxyl groups excluding tert-OH is 4. The topological polar surface area (TPSA) is 329 Å². The summed E-state index contributed by atoms with van der Waals surface area (Å²) in [5.41, 5.74) is 4.02. The summed E-state index contributed by atoms with van der Waals surface area (Å²) in [4.78, 5) is 56.1. The number of aliphatic hydroxyl groups is 4. The average molecular weight is 635 g/mol. The second kappa shape index (κ2) is 12.9. The number of phosphoric ester groups is 2. The third kappa shape index (κ3) is 7.95. The van der Waals surface area contributed by atoms with E-state index in [1.807, 2.05) is 4.98 Å². The van der Waals surface area contributed by atoms with Crippen LogP contribution in [-0.2, 0) is 41.5 Å². The number of hydrogen-bond acceptors (Lipinski definition) is 16. The summed E-state index contributed by atoms with van der Waals surface area (Å²) in [5, 5.41) is 49.0. The predicted octanol–water partition coefficient (Wildman–Crippen LogP) is -4.20. The van der Waals surface area contributed by atoms with Crippen molar-refractivity contribution < 1.29 is 76.8 Å². The number of carbonyl (C=O) groups is 1. The molecule has 7 unspecified atom stereocenters. The summed E-state index contributed by atoms with van der Waals surface area (Å²) in [6.45, 7) is 1.10. The zero-order valence-electron chi connectivity index (χ0n) is 20.5. The fraction of sp³-hybridized carbons (Fsp3) is 0.611. The number of aromatic nitrogens is 2. The molecule has 0 radical (unpaired) electrons. The fourth-order valence-corrected chi connectivity index (χ4v) is 5.92. The molecule has 2 aliphatic heterocycles. The van der Waals surface area contributed by atoms with Crippen molar-refractivity contribution in [2.24, 2.45) is 5.73 Å². The highest BCUT2D eigenvalue weighted by molar-refractivity contribution is 7.61. The van der Waals surface area contributed by atoms with E-state index in [4.69, 9.17) is 25.1 Å². The summed E-state index contributed by atoms with van der Waals surface area (Å²) in [5.74, 6) is -2.54. The Morgan fingerprint density at radius 2 is 1.76 bits per heavy atom. The third-order valence-electron chi connectivity index (χ3n) is 5.72. The Hall–Kier alpha value is -2.33. The molecule has 2 aliphatic rings. The molecular weight excluding hydrogens is 608 g/mol. The molecule has 21 nitrogen and oxygen atoms in total. The summed E-state index contributed by atoms with van der Waals surface area (Å²) in [6, 6.07) is -0.825. The van der Waals surface area contributed by atoms with Crippen LogP contribution in [0.5, 0.6) is 0 Å². The number of H-pyrrole nitrogens is 1. The Kier molecular flexibility index (Phi) is 10.4. The molecule has 3 heterocycles. The fourth-order valence-electron chi connectivity index (χ4n) is 3.74. The van der Waals surface area contributed by atoms with Gasteiger partial charge in [0.15, 0.2) is 18.3 Å². The molecule has 0 saturated carbocycles. The predicted molar refractivity (Wildman–Crippen MR) is 126 cm³/mol. The van der Waals surface area contributed by atoms with Crippen LogP contribution in [0.25, 0.3) is 0 Å². The first kappa shape index (κ1) is 33.2. The van der Waals surface area contributed by atoms with Gasteiger partial charge in [-0.05, 0) is 6.58 Å². The van der Waals surface area contributed by atoms with Crippen LogP contribution in [0.3, 0.4) is 0 Å². The summed E-state index contributed by atoms with van der Waals surface area (Å²) < 4.78 is 54.2. The van der Waals surface area contributed by atoms with Crippen LogP contribution in [0.15, 0.2) is 34.2 Å². The third-order valence-corrected chi connectivity index (χ3v) is 8.33. The zero-order valence-corrected chi connectivity index (χ0v) is 22.3. The number of phosphoric acid groups is 2. The number of aromatic amines is 1. The number of carboxylic acids is 1. The quantitative estimate of drug-likeness (QED) is 0.0597. The molecule has 0 bridgehead atoms. The maximum Gasteiger partial charge on any atom is 0.483 e. The van der Waals surface area contributed by atoms with Crippen molar-refractivity contribution in [3.63, 3.8) is 0 Å². The van der Waals surface area contributed by atoms with E-state index in [1.54, 1.807) is 0 Å². The molecule has 10 N–H and O–H groups in total. The van der Waals surface area contributed by atoms with Crippen molar-refractivity contribution >= 4 is 21.6 Å². The summed E-state index contributed by atoms with van der Waals surface area (Å²) in [6.07, 6.45) is -13.0. The lowest BCUT2D eigenvalue weighted by atomic mass is 9.97. The maximum absolute atomic E-state index is 12.5. The minimum atomic E-state index is -5.65. The molecule has 0 aromatic carbocycles. The first-order valence-corrected chi connectivity index (χ1v) is 14.3. The van der Waals surface area contributed by atoms with E-state index in [2.05, 4.69) is 19.9 Å². The van der Waals surface area contributed by atoms with Gasteiger partial charge in [-0.25, -0.2) is 18.7 Å². The molecule has 41 heavy (non-hydrogen) atoms. The molecule has 11 atom stereocenters. The molecule has 3 rings (SSSR count). The van der Waals surface area contributed by atoms with Crippen LogP contribution in [0.2, 0.25) is 0 Å². The van der Waals surface area contributed by atoms with Crippen LogP contribution < -0.4 is 17.0 Å². The maximum atomic E-state index is 12.5. The number of rotatable bonds is 12. The first-order chi connectivity index (χ1) is 19.0. The minimum Gasteiger partial charge on any atom is -0.479 e. The lowest BCUT2D eigenvalue weighted by molar-refractivity contribution is -0.246. The number of nitrogens with one attached hydrogen (secondary N) is 1. The largest absolute Gasteiger partial charge is 0.483 e. The van der Waals surface area contributed by atoms with Crippen LogP contribution in [0.1, 0.15) is 6.23 Å². The zero-order chi connectivity index (χ0) is 30.9. The van der Waals surface area contributed by atoms with Gasteiger partial charge < -0.3 is 55.3 Å². The molecular formula is C18H27N3O18P2. The van der Waals surface area contributed by atoms with E-state index >= 15 is 0 Å². The number of ether oxygens (including phenoxy) is 3. The van der Waals surface area contributed by atoms with E-state index in [0.29, 0.717) is 4.57 Å². The second-order valence-corrected chi connectivity index (χ2v) is 11.6. The first-order valence-electron chi connectivity index (χ1n) is 11.3. The summed E-state index contributed by atoms with van der Waals surface area (Å²) >= 11 is 0. The Morgan fingerprint density at radius 1 is 1.10 bits per heavy atom. The van der Waals surface area contributed by atoms with Crippen LogP contribution in [0, 0.1) is 0 Å². The van der Waals surface area contributed by atoms with Crippen molar-refractivity contribution in [2.75, 3.05) is 13.2 Å². The molecule has 1 aromatic rings. The van der Waals surface area contributed by atoms with Gasteiger partial charge >= 0.3 is 27.3 Å². The van der Waals surface area contributed by atoms with Crippen molar-refractivity contribution in [3.8, 4) is 0 Å². The van der Waals surface area contributed by atoms with E-state index in [1.165, 1.54) is 0 Å². The normalized spacial score (nSPS) is 34.9. The van der Waals surface area contributed by atoms with Crippen molar-refractivity contribution in [1.82, 2.24) is 9.55 Å². The monoisotopic (exact) mass is 635 g/mol. The van der Waals surface area contributed by atoms with E-state index < -0.39 is 107 Å². The van der Waals surface area contributed by atoms with E-state index in [-0.39, 0.29) is 0 Å². The van der Waals surface area contributed by atoms with Crippen molar-refractivity contribution in [2.45, 2.75) is 55.2 Å². The molecule has 2 saturated heterocycles. The molecule has 0 amide bonds. The van der Waals surface area contributed by atoms with Gasteiger partial charge in [-0.1, -0.05) is 0 Å². The van der Waals surface area contributed by atoms with Crippen LogP contribution in [-0.4, -0.2) is 113 Å². The molecule has 232 valence electrons. The van der Waals surface area contributed by atoms with Gasteiger partial charge in [-0.2, -0.15) is 4.31 Å². The number of nitrogens with zero attached hydrogens (tertiary/aromatic N) is 1. The van der Waals surface area contributed by atoms with Crippen molar-refractivity contribution in [1.29, 1.82) is 0 Å². The number of carboxylic acid groups (broad SMARTS) is 1. The Morgan fingerprint density at radius 3 is 2.34 bits per heavy atom. The van der Waals surface area contributed by atoms with Crippen LogP contribution in [0.4, 0.5) is 0 Å². The minimum absolute atomic E-state index is 0.715. The molecule has 2 fully saturated rings. The van der Waals surface area contributed by atoms with Gasteiger partial charge in [0.1, 0.15) is 36.6 Å². The Bertz CT molecular complexity index is 1330. The van der Waals surface area contributed by atoms with E-state index in [0.717, 1.165) is 12.3 Å². The smallest absolute Gasteiger partial charge is 0.479 e. The lowest BCUT2D eigenvalue weighted by Gasteiger charge is -2.42. The highest BCUT2D eigenvalue weighted by Crippen LogP contribution is 2.61. The molecule has 0 aliphatic carbocycles. The molecule has 23 heteroatoms. The van der Waals surface area contributed by atoms with Gasteiger partial charge in [-0.15, -0.1) is 0 Å². The highest BCUT2D eigenvalue weighted by atomic mass is 31.3. The lowest BCUT2D eigenvalue weighted by Crippen LogP contribution is -2.63. The van der Waals surface area contributed by atoms with Gasteiger partial charge in [0.25, 0.3) is 5.56 Å². The van der Waals surface area contributed by atoms with Gasteiger partial charge in [0.2, 0.25) is 0 Å². The van der Waals surface area contributed by atoms with E-state index in [9.17, 15) is 53.7 Å². The van der Waals surface area contributed by atoms with Gasteiger partial charge in [0, 0.05) is 12.3 Å². The summed E-state index contributed by atoms with van der Waals surface area (Å²) in [7, 11) is -11.2. The highest BCUT2D eigenvalue weighted by Gasteiger charge is 2.50. The Balaban J connectivity index is 1.65. The van der Waals surface area contributed by atoms with Crippen LogP contribution >= 0.6 is 15.6 Å². The number of nitrogens with two attached hydrogens (primary N) is 1. The average Bonchev–Trinajstić information content (AvgIpc) is 3.14.